The van der Waals surface area contributed by atoms with Crippen LogP contribution in [0.2, 0.25) is 0 Å². The van der Waals surface area contributed by atoms with Crippen molar-refractivity contribution in [2.75, 3.05) is 27.2 Å². The molecule has 38 heavy (non-hydrogen) atoms. The average molecular weight is 536 g/mol. The number of para-hydroxylation sites is 1. The molecule has 1 saturated heterocycles. The Balaban J connectivity index is 1.47. The Morgan fingerprint density at radius 3 is 2.53 bits per heavy atom. The fourth-order valence-corrected chi connectivity index (χ4v) is 5.94. The Morgan fingerprint density at radius 2 is 1.79 bits per heavy atom. The molecule has 3 N–H and O–H groups in total. The number of unbranched alkanes of at least 4 members (excludes halogenated alkanes) is 1. The van der Waals surface area contributed by atoms with Gasteiger partial charge in [-0.3, -0.25) is 14.4 Å². The van der Waals surface area contributed by atoms with Crippen LogP contribution in [0.4, 0.5) is 0 Å². The van der Waals surface area contributed by atoms with Gasteiger partial charge in [0.1, 0.15) is 6.04 Å². The lowest BCUT2D eigenvalue weighted by Gasteiger charge is -2.29. The number of thiazole rings is 1. The summed E-state index contributed by atoms with van der Waals surface area (Å²) < 4.78 is 0.945. The molecule has 1 aliphatic heterocycles. The van der Waals surface area contributed by atoms with Gasteiger partial charge in [-0.2, -0.15) is 0 Å². The Kier molecular flexibility index (Phi) is 9.98. The number of rotatable bonds is 13. The standard InChI is InChI=1S/C29H37N5O3S/c1-30-17-9-8-14-22(26(35)28-33-21-13-6-7-16-25(21)38-28)32-27(36)24-15-10-18-34(24)29(37)23(31-2)19-20-11-4-3-5-12-20/h3-7,11-13,16,22-24,30-31H,8-10,14-15,17-19H2,1-2H3,(H,32,36)/t22-,23-,24+/m1/s1. The topological polar surface area (TPSA) is 103 Å². The molecule has 3 atom stereocenters. The Morgan fingerprint density at radius 1 is 1.03 bits per heavy atom. The van der Waals surface area contributed by atoms with Crippen LogP contribution in [-0.2, 0) is 16.0 Å². The van der Waals surface area contributed by atoms with Crippen LogP contribution in [0, 0.1) is 0 Å². The zero-order chi connectivity index (χ0) is 26.9. The highest BCUT2D eigenvalue weighted by Gasteiger charge is 2.38. The molecule has 202 valence electrons. The summed E-state index contributed by atoms with van der Waals surface area (Å²) in [4.78, 5) is 46.8. The Bertz CT molecular complexity index is 1200. The molecular weight excluding hydrogens is 498 g/mol. The van der Waals surface area contributed by atoms with Crippen molar-refractivity contribution in [2.45, 2.75) is 56.7 Å². The molecule has 1 aromatic heterocycles. The van der Waals surface area contributed by atoms with Crippen LogP contribution >= 0.6 is 11.3 Å². The summed E-state index contributed by atoms with van der Waals surface area (Å²) >= 11 is 1.35. The van der Waals surface area contributed by atoms with Gasteiger partial charge in [0, 0.05) is 6.54 Å². The molecule has 0 bridgehead atoms. The number of likely N-dealkylation sites (tertiary alicyclic amines) is 1. The number of fused-ring (bicyclic) bond motifs is 1. The van der Waals surface area contributed by atoms with E-state index in [2.05, 4.69) is 20.9 Å². The van der Waals surface area contributed by atoms with Gasteiger partial charge >= 0.3 is 0 Å². The molecule has 0 aliphatic carbocycles. The summed E-state index contributed by atoms with van der Waals surface area (Å²) in [7, 11) is 3.67. The number of amides is 2. The van der Waals surface area contributed by atoms with Gasteiger partial charge in [-0.25, -0.2) is 4.98 Å². The van der Waals surface area contributed by atoms with Crippen molar-refractivity contribution in [3.63, 3.8) is 0 Å². The van der Waals surface area contributed by atoms with Gasteiger partial charge in [-0.15, -0.1) is 11.3 Å². The van der Waals surface area contributed by atoms with E-state index in [1.54, 1.807) is 11.9 Å². The van der Waals surface area contributed by atoms with E-state index in [-0.39, 0.29) is 17.6 Å². The minimum Gasteiger partial charge on any atom is -0.344 e. The quantitative estimate of drug-likeness (QED) is 0.230. The summed E-state index contributed by atoms with van der Waals surface area (Å²) in [6, 6.07) is 15.8. The van der Waals surface area contributed by atoms with Crippen LogP contribution in [-0.4, -0.2) is 72.8 Å². The first kappa shape index (κ1) is 27.9. The number of carbonyl (C=O) groups is 3. The number of aromatic nitrogens is 1. The smallest absolute Gasteiger partial charge is 0.243 e. The van der Waals surface area contributed by atoms with E-state index < -0.39 is 18.1 Å². The van der Waals surface area contributed by atoms with Crippen molar-refractivity contribution in [2.24, 2.45) is 0 Å². The van der Waals surface area contributed by atoms with Gasteiger partial charge in [-0.05, 0) is 76.9 Å². The van der Waals surface area contributed by atoms with Crippen LogP contribution in [0.15, 0.2) is 54.6 Å². The first-order valence-corrected chi connectivity index (χ1v) is 14.2. The third-order valence-corrected chi connectivity index (χ3v) is 8.13. The first-order chi connectivity index (χ1) is 18.5. The van der Waals surface area contributed by atoms with Crippen LogP contribution < -0.4 is 16.0 Å². The fraction of sp³-hybridized carbons (Fsp3) is 0.448. The molecule has 0 unspecified atom stereocenters. The Hall–Kier alpha value is -3.14. The Labute approximate surface area is 228 Å². The highest BCUT2D eigenvalue weighted by molar-refractivity contribution is 7.20. The summed E-state index contributed by atoms with van der Waals surface area (Å²) in [6.45, 7) is 1.37. The molecule has 2 amide bonds. The number of nitrogens with one attached hydrogen (secondary N) is 3. The van der Waals surface area contributed by atoms with Crippen molar-refractivity contribution in [3.8, 4) is 0 Å². The molecule has 1 aliphatic rings. The molecular formula is C29H37N5O3S. The van der Waals surface area contributed by atoms with Crippen LogP contribution in [0.3, 0.4) is 0 Å². The maximum atomic E-state index is 13.5. The number of likely N-dealkylation sites (N-methyl/N-ethyl adjacent to an activating group) is 1. The van der Waals surface area contributed by atoms with E-state index in [0.29, 0.717) is 30.8 Å². The molecule has 0 spiro atoms. The van der Waals surface area contributed by atoms with E-state index in [1.165, 1.54) is 11.3 Å². The maximum absolute atomic E-state index is 13.5. The van der Waals surface area contributed by atoms with Crippen molar-refractivity contribution < 1.29 is 14.4 Å². The van der Waals surface area contributed by atoms with Gasteiger partial charge in [0.05, 0.1) is 22.3 Å². The molecule has 4 rings (SSSR count). The molecule has 8 nitrogen and oxygen atoms in total. The largest absolute Gasteiger partial charge is 0.344 e. The van der Waals surface area contributed by atoms with Crippen LogP contribution in [0.5, 0.6) is 0 Å². The van der Waals surface area contributed by atoms with Gasteiger partial charge in [0.2, 0.25) is 17.6 Å². The van der Waals surface area contributed by atoms with Crippen molar-refractivity contribution in [3.05, 3.63) is 65.2 Å². The number of ketones is 1. The molecule has 1 fully saturated rings. The molecule has 3 aromatic rings. The lowest BCUT2D eigenvalue weighted by atomic mass is 10.0. The number of benzene rings is 2. The number of hydrogen-bond donors (Lipinski definition) is 3. The van der Waals surface area contributed by atoms with E-state index in [4.69, 9.17) is 0 Å². The van der Waals surface area contributed by atoms with Gasteiger partial charge in [-0.1, -0.05) is 42.5 Å². The van der Waals surface area contributed by atoms with E-state index in [0.717, 1.165) is 41.6 Å². The third kappa shape index (κ3) is 6.83. The summed E-state index contributed by atoms with van der Waals surface area (Å²) in [5.41, 5.74) is 1.84. The zero-order valence-corrected chi connectivity index (χ0v) is 22.9. The van der Waals surface area contributed by atoms with Crippen molar-refractivity contribution in [1.82, 2.24) is 25.8 Å². The molecule has 2 aromatic carbocycles. The van der Waals surface area contributed by atoms with E-state index in [1.807, 2.05) is 61.6 Å². The van der Waals surface area contributed by atoms with Crippen LogP contribution in [0.25, 0.3) is 10.2 Å². The summed E-state index contributed by atoms with van der Waals surface area (Å²) in [5, 5.41) is 9.67. The van der Waals surface area contributed by atoms with Crippen molar-refractivity contribution in [1.29, 1.82) is 0 Å². The number of hydrogen-bond acceptors (Lipinski definition) is 7. The highest BCUT2D eigenvalue weighted by Crippen LogP contribution is 2.24. The average Bonchev–Trinajstić information content (AvgIpc) is 3.61. The monoisotopic (exact) mass is 535 g/mol. The minimum atomic E-state index is -0.679. The lowest BCUT2D eigenvalue weighted by Crippen LogP contribution is -2.54. The fourth-order valence-electron chi connectivity index (χ4n) is 4.98. The first-order valence-electron chi connectivity index (χ1n) is 13.4. The van der Waals surface area contributed by atoms with E-state index >= 15 is 0 Å². The summed E-state index contributed by atoms with van der Waals surface area (Å²) in [5.74, 6) is -0.521. The molecule has 2 heterocycles. The SMILES string of the molecule is CNCCCC[C@@H](NC(=O)[C@@H]1CCCN1C(=O)[C@@H](Cc1ccccc1)NC)C(=O)c1nc2ccccc2s1. The molecule has 0 saturated carbocycles. The molecule has 9 heteroatoms. The molecule has 0 radical (unpaired) electrons. The predicted octanol–water partition coefficient (Wildman–Crippen LogP) is 3.18. The van der Waals surface area contributed by atoms with Gasteiger partial charge in [0.25, 0.3) is 0 Å². The highest BCUT2D eigenvalue weighted by atomic mass is 32.1. The van der Waals surface area contributed by atoms with E-state index in [9.17, 15) is 14.4 Å². The second-order valence-electron chi connectivity index (χ2n) is 9.73. The zero-order valence-electron chi connectivity index (χ0n) is 22.1. The maximum Gasteiger partial charge on any atom is 0.243 e. The van der Waals surface area contributed by atoms with Gasteiger partial charge in [0.15, 0.2) is 5.01 Å². The van der Waals surface area contributed by atoms with Crippen LogP contribution in [0.1, 0.15) is 47.5 Å². The normalized spacial score (nSPS) is 16.9. The summed E-state index contributed by atoms with van der Waals surface area (Å²) in [6.07, 6.45) is 4.09. The van der Waals surface area contributed by atoms with Crippen molar-refractivity contribution >= 4 is 39.2 Å². The predicted molar refractivity (Wildman–Crippen MR) is 151 cm³/mol. The number of Topliss-reactive ketones (excluding diaryl/α,β-unsaturated/α-hetero) is 1. The number of carbonyl (C=O) groups excluding carboxylic acids is 3. The second-order valence-corrected chi connectivity index (χ2v) is 10.8. The lowest BCUT2D eigenvalue weighted by molar-refractivity contribution is -0.140. The minimum absolute atomic E-state index is 0.0860. The number of nitrogens with zero attached hydrogens (tertiary/aromatic N) is 2. The second kappa shape index (κ2) is 13.6. The third-order valence-electron chi connectivity index (χ3n) is 7.07. The van der Waals surface area contributed by atoms with Gasteiger partial charge < -0.3 is 20.9 Å².